The van der Waals surface area contributed by atoms with Crippen LogP contribution in [-0.4, -0.2) is 81.3 Å². The number of ether oxygens (including phenoxy) is 1. The second-order valence-corrected chi connectivity index (χ2v) is 22.2. The summed E-state index contributed by atoms with van der Waals surface area (Å²) in [5.74, 6) is 6.61. The van der Waals surface area contributed by atoms with Crippen molar-refractivity contribution >= 4 is 0 Å². The van der Waals surface area contributed by atoms with Crippen LogP contribution in [0, 0.1) is 64.6 Å². The molecule has 12 fully saturated rings. The molecule has 0 N–H and O–H groups in total. The molecule has 4 aliphatic heterocycles. The van der Waals surface area contributed by atoms with Gasteiger partial charge in [0.2, 0.25) is 0 Å². The molecule has 8 aliphatic carbocycles. The van der Waals surface area contributed by atoms with Crippen molar-refractivity contribution < 1.29 is 4.74 Å². The largest absolute Gasteiger partial charge is 0.373 e. The molecule has 0 aromatic carbocycles. The van der Waals surface area contributed by atoms with Crippen molar-refractivity contribution in [2.75, 3.05) is 0 Å². The Kier molecular flexibility index (Phi) is 9.32. The van der Waals surface area contributed by atoms with Gasteiger partial charge < -0.3 is 4.74 Å². The number of fused-ring (bicyclic) bond motifs is 12. The van der Waals surface area contributed by atoms with Crippen molar-refractivity contribution in [2.45, 2.75) is 246 Å². The van der Waals surface area contributed by atoms with Crippen LogP contribution >= 0.6 is 0 Å². The van der Waals surface area contributed by atoms with Gasteiger partial charge in [0, 0.05) is 54.3 Å². The lowest BCUT2D eigenvalue weighted by Gasteiger charge is -2.61. The summed E-state index contributed by atoms with van der Waals surface area (Å²) in [4.78, 5) is 10.2. The highest BCUT2D eigenvalue weighted by atomic mass is 16.5. The van der Waals surface area contributed by atoms with E-state index in [0.717, 1.165) is 71.8 Å². The van der Waals surface area contributed by atoms with Crippen LogP contribution in [0.15, 0.2) is 0 Å². The van der Waals surface area contributed by atoms with E-state index in [2.05, 4.69) is 20.8 Å². The minimum absolute atomic E-state index is 0.129. The zero-order chi connectivity index (χ0) is 35.5. The predicted molar refractivity (Wildman–Crippen MR) is 215 cm³/mol. The molecule has 0 amide bonds. The van der Waals surface area contributed by atoms with Crippen LogP contribution in [0.3, 0.4) is 0 Å². The average molecular weight is 737 g/mol. The Morgan fingerprint density at radius 3 is 1.06 bits per heavy atom. The van der Waals surface area contributed by atoms with Gasteiger partial charge in [-0.1, -0.05) is 89.9 Å². The van der Waals surface area contributed by atoms with Gasteiger partial charge in [0.25, 0.3) is 0 Å². The SMILES string of the molecule is N#CC1C2C3CCCCC3OC2C(N2C3CCCCC3C3CCCCC32)C(N2C3CCCCC3C3CCCCC32)C1N1C2CCCCC2C2CCCCC21. The van der Waals surface area contributed by atoms with E-state index in [1.165, 1.54) is 180 Å². The van der Waals surface area contributed by atoms with E-state index in [0.29, 0.717) is 36.1 Å². The van der Waals surface area contributed by atoms with Crippen molar-refractivity contribution in [3.05, 3.63) is 0 Å². The summed E-state index contributed by atoms with van der Waals surface area (Å²) in [6.07, 6.45) is 40.8. The molecule has 4 saturated heterocycles. The summed E-state index contributed by atoms with van der Waals surface area (Å²) in [6, 6.07) is 9.23. The molecule has 20 unspecified atom stereocenters. The standard InChI is InChI=1S/C49H76N4O/c50-29-37-45-36-21-7-14-28-44(36)54-49(45)48(53-42-26-12-5-19-34(42)35-20-6-13-27-43(35)53)47(52-40-24-10-3-17-32(40)33-18-4-11-25-41(33)52)46(37)51-38-22-8-1-15-30(38)31-16-2-9-23-39(31)51/h30-49H,1-28H2. The van der Waals surface area contributed by atoms with Crippen molar-refractivity contribution in [1.82, 2.24) is 14.7 Å². The maximum atomic E-state index is 12.0. The molecule has 5 heteroatoms. The molecular weight excluding hydrogens is 661 g/mol. The fraction of sp³-hybridized carbons (Fsp3) is 0.980. The lowest BCUT2D eigenvalue weighted by molar-refractivity contribution is -0.151. The first-order valence-corrected chi connectivity index (χ1v) is 25.2. The van der Waals surface area contributed by atoms with Crippen LogP contribution < -0.4 is 0 Å². The Morgan fingerprint density at radius 2 is 0.667 bits per heavy atom. The Morgan fingerprint density at radius 1 is 0.352 bits per heavy atom. The fourth-order valence-corrected chi connectivity index (χ4v) is 19.2. The van der Waals surface area contributed by atoms with E-state index < -0.39 is 0 Å². The number of nitrogens with zero attached hydrogens (tertiary/aromatic N) is 4. The summed E-state index contributed by atoms with van der Waals surface area (Å²) in [7, 11) is 0. The van der Waals surface area contributed by atoms with Gasteiger partial charge in [0.05, 0.1) is 30.2 Å². The second kappa shape index (κ2) is 14.3. The molecule has 54 heavy (non-hydrogen) atoms. The number of hydrogen-bond donors (Lipinski definition) is 0. The monoisotopic (exact) mass is 737 g/mol. The zero-order valence-corrected chi connectivity index (χ0v) is 34.0. The van der Waals surface area contributed by atoms with Crippen LogP contribution in [-0.2, 0) is 4.74 Å². The highest BCUT2D eigenvalue weighted by molar-refractivity contribution is 5.25. The van der Waals surface area contributed by atoms with Gasteiger partial charge in [-0.05, 0) is 131 Å². The van der Waals surface area contributed by atoms with E-state index in [-0.39, 0.29) is 12.0 Å². The Hall–Kier alpha value is -0.670. The molecule has 298 valence electrons. The Labute approximate surface area is 329 Å². The molecule has 0 aromatic rings. The van der Waals surface area contributed by atoms with Gasteiger partial charge in [0.1, 0.15) is 0 Å². The van der Waals surface area contributed by atoms with Gasteiger partial charge in [0.15, 0.2) is 0 Å². The van der Waals surface area contributed by atoms with Crippen molar-refractivity contribution in [3.63, 3.8) is 0 Å². The quantitative estimate of drug-likeness (QED) is 0.289. The summed E-state index contributed by atoms with van der Waals surface area (Å²) in [5, 5.41) is 12.0. The van der Waals surface area contributed by atoms with Gasteiger partial charge in [-0.25, -0.2) is 0 Å². The predicted octanol–water partition coefficient (Wildman–Crippen LogP) is 10.1. The lowest BCUT2D eigenvalue weighted by atomic mass is 9.61. The van der Waals surface area contributed by atoms with Crippen molar-refractivity contribution in [2.24, 2.45) is 53.3 Å². The number of rotatable bonds is 3. The van der Waals surface area contributed by atoms with Crippen molar-refractivity contribution in [3.8, 4) is 6.07 Å². The molecule has 0 radical (unpaired) electrons. The first kappa shape index (κ1) is 35.3. The lowest BCUT2D eigenvalue weighted by Crippen LogP contribution is -2.75. The highest BCUT2D eigenvalue weighted by Crippen LogP contribution is 2.62. The second-order valence-electron chi connectivity index (χ2n) is 22.2. The number of hydrogen-bond acceptors (Lipinski definition) is 5. The topological polar surface area (TPSA) is 42.7 Å². The summed E-state index contributed by atoms with van der Waals surface area (Å²) >= 11 is 0. The van der Waals surface area contributed by atoms with Crippen LogP contribution in [0.25, 0.3) is 0 Å². The highest BCUT2D eigenvalue weighted by Gasteiger charge is 2.70. The van der Waals surface area contributed by atoms with Crippen molar-refractivity contribution in [1.29, 1.82) is 5.26 Å². The average Bonchev–Trinajstić information content (AvgIpc) is 3.97. The maximum Gasteiger partial charge on any atom is 0.0795 e. The van der Waals surface area contributed by atoms with Crippen LogP contribution in [0.2, 0.25) is 0 Å². The summed E-state index contributed by atoms with van der Waals surface area (Å²) in [5.41, 5.74) is 0. The minimum atomic E-state index is 0.129. The third kappa shape index (κ3) is 5.19. The molecule has 5 nitrogen and oxygen atoms in total. The normalized spacial score (nSPS) is 56.0. The minimum Gasteiger partial charge on any atom is -0.373 e. The first-order valence-electron chi connectivity index (χ1n) is 25.2. The van der Waals surface area contributed by atoms with Gasteiger partial charge in [-0.15, -0.1) is 0 Å². The maximum absolute atomic E-state index is 12.0. The van der Waals surface area contributed by atoms with E-state index in [1.54, 1.807) is 0 Å². The van der Waals surface area contributed by atoms with Gasteiger partial charge in [-0.2, -0.15) is 5.26 Å². The molecule has 4 heterocycles. The van der Waals surface area contributed by atoms with Gasteiger partial charge in [-0.3, -0.25) is 14.7 Å². The van der Waals surface area contributed by atoms with Crippen LogP contribution in [0.5, 0.6) is 0 Å². The van der Waals surface area contributed by atoms with E-state index in [4.69, 9.17) is 4.74 Å². The summed E-state index contributed by atoms with van der Waals surface area (Å²) < 4.78 is 7.83. The van der Waals surface area contributed by atoms with Crippen LogP contribution in [0.4, 0.5) is 0 Å². The third-order valence-electron chi connectivity index (χ3n) is 20.6. The summed E-state index contributed by atoms with van der Waals surface area (Å²) in [6.45, 7) is 0. The molecule has 12 rings (SSSR count). The van der Waals surface area contributed by atoms with Crippen LogP contribution in [0.1, 0.15) is 180 Å². The van der Waals surface area contributed by atoms with E-state index in [9.17, 15) is 5.26 Å². The molecule has 0 aromatic heterocycles. The molecule has 12 aliphatic rings. The van der Waals surface area contributed by atoms with E-state index >= 15 is 0 Å². The smallest absolute Gasteiger partial charge is 0.0795 e. The third-order valence-corrected chi connectivity index (χ3v) is 20.6. The first-order chi connectivity index (χ1) is 26.8. The molecule has 8 saturated carbocycles. The fourth-order valence-electron chi connectivity index (χ4n) is 19.2. The Balaban J connectivity index is 1.07. The molecule has 0 spiro atoms. The number of nitriles is 1. The van der Waals surface area contributed by atoms with Gasteiger partial charge >= 0.3 is 0 Å². The molecular formula is C49H76N4O. The molecule has 0 bridgehead atoms. The Bertz CT molecular complexity index is 1350. The number of likely N-dealkylation sites (tertiary alicyclic amines) is 3. The molecule has 20 atom stereocenters. The zero-order valence-electron chi connectivity index (χ0n) is 34.0. The van der Waals surface area contributed by atoms with E-state index in [1.807, 2.05) is 0 Å².